The van der Waals surface area contributed by atoms with Crippen molar-refractivity contribution in [3.05, 3.63) is 36.7 Å². The predicted octanol–water partition coefficient (Wildman–Crippen LogP) is 3.84. The van der Waals surface area contributed by atoms with E-state index in [1.54, 1.807) is 0 Å². The molecule has 92 valence electrons. The Morgan fingerprint density at radius 2 is 1.83 bits per heavy atom. The summed E-state index contributed by atoms with van der Waals surface area (Å²) < 4.78 is 0. The fourth-order valence-electron chi connectivity index (χ4n) is 2.95. The topological polar surface area (TPSA) is 24.9 Å². The molecule has 2 nitrogen and oxygen atoms in total. The fraction of sp³-hybridized carbons (Fsp3) is 0.438. The van der Waals surface area contributed by atoms with E-state index in [2.05, 4.69) is 34.6 Å². The minimum absolute atomic E-state index is 0.704. The third kappa shape index (κ3) is 1.86. The van der Waals surface area contributed by atoms with E-state index in [0.717, 1.165) is 11.8 Å². The Kier molecular flexibility index (Phi) is 2.29. The molecule has 2 aliphatic rings. The van der Waals surface area contributed by atoms with E-state index < -0.39 is 0 Å². The Morgan fingerprint density at radius 1 is 1.06 bits per heavy atom. The van der Waals surface area contributed by atoms with Crippen LogP contribution in [0.25, 0.3) is 10.8 Å². The second kappa shape index (κ2) is 3.98. The Bertz CT molecular complexity index is 553. The van der Waals surface area contributed by atoms with Crippen LogP contribution in [0, 0.1) is 11.8 Å². The molecule has 2 aromatic rings. The lowest BCUT2D eigenvalue weighted by atomic mass is 10.1. The van der Waals surface area contributed by atoms with Crippen molar-refractivity contribution in [3.8, 4) is 0 Å². The molecule has 0 atom stereocenters. The average Bonchev–Trinajstić information content (AvgIpc) is 3.29. The monoisotopic (exact) mass is 238 g/mol. The minimum atomic E-state index is 0.704. The highest BCUT2D eigenvalue weighted by molar-refractivity contribution is 5.93. The van der Waals surface area contributed by atoms with E-state index in [-0.39, 0.29) is 0 Å². The average molecular weight is 238 g/mol. The van der Waals surface area contributed by atoms with Crippen LogP contribution in [0.4, 0.5) is 5.69 Å². The lowest BCUT2D eigenvalue weighted by Gasteiger charge is -2.20. The zero-order chi connectivity index (χ0) is 11.9. The predicted molar refractivity (Wildman–Crippen MR) is 74.6 cm³/mol. The van der Waals surface area contributed by atoms with Gasteiger partial charge in [0.05, 0.1) is 0 Å². The van der Waals surface area contributed by atoms with Gasteiger partial charge in [-0.2, -0.15) is 0 Å². The minimum Gasteiger partial charge on any atom is -0.381 e. The first-order valence-electron chi connectivity index (χ1n) is 7.01. The van der Waals surface area contributed by atoms with E-state index in [0.29, 0.717) is 6.04 Å². The first kappa shape index (κ1) is 10.4. The first-order chi connectivity index (χ1) is 8.92. The Balaban J connectivity index is 1.68. The molecule has 0 bridgehead atoms. The van der Waals surface area contributed by atoms with Gasteiger partial charge < -0.3 is 5.32 Å². The Hall–Kier alpha value is -1.57. The van der Waals surface area contributed by atoms with Crippen LogP contribution in [-0.4, -0.2) is 11.0 Å². The number of aromatic nitrogens is 1. The van der Waals surface area contributed by atoms with Crippen molar-refractivity contribution >= 4 is 16.5 Å². The standard InChI is InChI=1S/C16H18N2/c1-2-11-8-9-17-10-14(11)15(3-1)18-16(12-4-5-12)13-6-7-13/h1-3,8-10,12-13,16,18H,4-7H2. The van der Waals surface area contributed by atoms with E-state index >= 15 is 0 Å². The molecule has 0 saturated heterocycles. The number of nitrogens with one attached hydrogen (secondary N) is 1. The van der Waals surface area contributed by atoms with Crippen molar-refractivity contribution in [1.82, 2.24) is 4.98 Å². The largest absolute Gasteiger partial charge is 0.381 e. The molecular formula is C16H18N2. The molecule has 0 amide bonds. The van der Waals surface area contributed by atoms with Crippen LogP contribution in [-0.2, 0) is 0 Å². The molecular weight excluding hydrogens is 220 g/mol. The Labute approximate surface area is 107 Å². The highest BCUT2D eigenvalue weighted by Gasteiger charge is 2.41. The van der Waals surface area contributed by atoms with Crippen molar-refractivity contribution in [3.63, 3.8) is 0 Å². The molecule has 0 radical (unpaired) electrons. The molecule has 2 heteroatoms. The number of anilines is 1. The van der Waals surface area contributed by atoms with E-state index in [1.807, 2.05) is 12.4 Å². The number of hydrogen-bond donors (Lipinski definition) is 1. The molecule has 0 aliphatic heterocycles. The van der Waals surface area contributed by atoms with E-state index in [1.165, 1.54) is 42.1 Å². The van der Waals surface area contributed by atoms with Gasteiger partial charge in [-0.05, 0) is 55.0 Å². The molecule has 1 aromatic carbocycles. The van der Waals surface area contributed by atoms with Gasteiger partial charge in [-0.3, -0.25) is 4.98 Å². The molecule has 1 heterocycles. The molecule has 2 saturated carbocycles. The summed E-state index contributed by atoms with van der Waals surface area (Å²) in [6.45, 7) is 0. The van der Waals surface area contributed by atoms with Crippen LogP contribution in [0.5, 0.6) is 0 Å². The van der Waals surface area contributed by atoms with Gasteiger partial charge >= 0.3 is 0 Å². The number of fused-ring (bicyclic) bond motifs is 1. The van der Waals surface area contributed by atoms with Gasteiger partial charge in [-0.1, -0.05) is 12.1 Å². The normalized spacial score (nSPS) is 19.4. The molecule has 1 N–H and O–H groups in total. The molecule has 18 heavy (non-hydrogen) atoms. The number of hydrogen-bond acceptors (Lipinski definition) is 2. The summed E-state index contributed by atoms with van der Waals surface area (Å²) in [6, 6.07) is 9.29. The summed E-state index contributed by atoms with van der Waals surface area (Å²) in [5.41, 5.74) is 1.27. The molecule has 1 aromatic heterocycles. The molecule has 2 fully saturated rings. The maximum absolute atomic E-state index is 4.26. The van der Waals surface area contributed by atoms with E-state index in [4.69, 9.17) is 0 Å². The highest BCUT2D eigenvalue weighted by Crippen LogP contribution is 2.46. The maximum Gasteiger partial charge on any atom is 0.0437 e. The summed E-state index contributed by atoms with van der Waals surface area (Å²) in [5, 5.41) is 6.34. The van der Waals surface area contributed by atoms with E-state index in [9.17, 15) is 0 Å². The van der Waals surface area contributed by atoms with Crippen molar-refractivity contribution in [1.29, 1.82) is 0 Å². The number of benzene rings is 1. The number of rotatable bonds is 4. The van der Waals surface area contributed by atoms with Gasteiger partial charge in [0.2, 0.25) is 0 Å². The van der Waals surface area contributed by atoms with Crippen molar-refractivity contribution in [2.75, 3.05) is 5.32 Å². The summed E-state index contributed by atoms with van der Waals surface area (Å²) >= 11 is 0. The van der Waals surface area contributed by atoms with Crippen LogP contribution in [0.3, 0.4) is 0 Å². The number of nitrogens with zero attached hydrogens (tertiary/aromatic N) is 1. The van der Waals surface area contributed by atoms with Crippen LogP contribution in [0.15, 0.2) is 36.7 Å². The molecule has 0 unspecified atom stereocenters. The first-order valence-corrected chi connectivity index (χ1v) is 7.01. The molecule has 2 aliphatic carbocycles. The van der Waals surface area contributed by atoms with Gasteiger partial charge in [0.25, 0.3) is 0 Å². The van der Waals surface area contributed by atoms with Gasteiger partial charge in [0.15, 0.2) is 0 Å². The zero-order valence-electron chi connectivity index (χ0n) is 10.5. The van der Waals surface area contributed by atoms with Gasteiger partial charge in [-0.25, -0.2) is 0 Å². The third-order valence-corrected chi connectivity index (χ3v) is 4.27. The van der Waals surface area contributed by atoms with Gasteiger partial charge in [0, 0.05) is 29.5 Å². The smallest absolute Gasteiger partial charge is 0.0437 e. The van der Waals surface area contributed by atoms with Crippen LogP contribution < -0.4 is 5.32 Å². The fourth-order valence-corrected chi connectivity index (χ4v) is 2.95. The molecule has 0 spiro atoms. The summed E-state index contributed by atoms with van der Waals surface area (Å²) in [7, 11) is 0. The van der Waals surface area contributed by atoms with Crippen LogP contribution >= 0.6 is 0 Å². The van der Waals surface area contributed by atoms with Crippen LogP contribution in [0.2, 0.25) is 0 Å². The Morgan fingerprint density at radius 3 is 2.56 bits per heavy atom. The summed E-state index contributed by atoms with van der Waals surface area (Å²) in [4.78, 5) is 4.26. The molecule has 4 rings (SSSR count). The summed E-state index contributed by atoms with van der Waals surface area (Å²) in [6.07, 6.45) is 9.50. The van der Waals surface area contributed by atoms with Crippen LogP contribution in [0.1, 0.15) is 25.7 Å². The SMILES string of the molecule is c1cc(NC(C2CC2)C2CC2)c2cnccc2c1. The second-order valence-corrected chi connectivity index (χ2v) is 5.75. The second-order valence-electron chi connectivity index (χ2n) is 5.75. The van der Waals surface area contributed by atoms with Gasteiger partial charge in [-0.15, -0.1) is 0 Å². The van der Waals surface area contributed by atoms with Crippen molar-refractivity contribution in [2.45, 2.75) is 31.7 Å². The summed E-state index contributed by atoms with van der Waals surface area (Å²) in [5.74, 6) is 1.84. The highest BCUT2D eigenvalue weighted by atomic mass is 15.0. The van der Waals surface area contributed by atoms with Crippen molar-refractivity contribution in [2.24, 2.45) is 11.8 Å². The third-order valence-electron chi connectivity index (χ3n) is 4.27. The number of pyridine rings is 1. The lowest BCUT2D eigenvalue weighted by molar-refractivity contribution is 0.568. The quantitative estimate of drug-likeness (QED) is 0.875. The van der Waals surface area contributed by atoms with Crippen molar-refractivity contribution < 1.29 is 0 Å². The lowest BCUT2D eigenvalue weighted by Crippen LogP contribution is -2.24. The zero-order valence-corrected chi connectivity index (χ0v) is 10.5. The van der Waals surface area contributed by atoms with Gasteiger partial charge in [0.1, 0.15) is 0 Å². The maximum atomic E-state index is 4.26.